The van der Waals surface area contributed by atoms with Crippen LogP contribution < -0.4 is 16.4 Å². The van der Waals surface area contributed by atoms with Gasteiger partial charge in [-0.2, -0.15) is 5.26 Å². The molecule has 2 aromatic rings. The van der Waals surface area contributed by atoms with Crippen LogP contribution in [-0.2, 0) is 11.2 Å². The van der Waals surface area contributed by atoms with Crippen molar-refractivity contribution in [2.45, 2.75) is 13.3 Å². The summed E-state index contributed by atoms with van der Waals surface area (Å²) in [6, 6.07) is 16.4. The third-order valence-electron chi connectivity index (χ3n) is 3.28. The van der Waals surface area contributed by atoms with Gasteiger partial charge in [0.25, 0.3) is 5.91 Å². The summed E-state index contributed by atoms with van der Waals surface area (Å²) >= 11 is 0. The molecular formula is C18H18N4O. The number of aryl methyl sites for hydroxylation is 1. The molecule has 2 rings (SSSR count). The number of nitrogens with two attached hydrogens (primary N) is 1. The van der Waals surface area contributed by atoms with Gasteiger partial charge in [0.2, 0.25) is 0 Å². The van der Waals surface area contributed by atoms with E-state index in [0.717, 1.165) is 12.1 Å². The van der Waals surface area contributed by atoms with Gasteiger partial charge in [0.05, 0.1) is 0 Å². The van der Waals surface area contributed by atoms with Crippen molar-refractivity contribution >= 4 is 23.0 Å². The number of carbonyl (C=O) groups is 1. The van der Waals surface area contributed by atoms with Crippen LogP contribution in [0.5, 0.6) is 0 Å². The second kappa shape index (κ2) is 7.66. The molecule has 0 atom stereocenters. The van der Waals surface area contributed by atoms with E-state index in [2.05, 4.69) is 17.6 Å². The quantitative estimate of drug-likeness (QED) is 0.449. The van der Waals surface area contributed by atoms with Gasteiger partial charge in [-0.1, -0.05) is 19.1 Å². The highest BCUT2D eigenvalue weighted by atomic mass is 16.1. The van der Waals surface area contributed by atoms with Crippen molar-refractivity contribution in [3.8, 4) is 6.07 Å². The number of hydrogen-bond acceptors (Lipinski definition) is 4. The summed E-state index contributed by atoms with van der Waals surface area (Å²) in [6.45, 7) is 2.08. The van der Waals surface area contributed by atoms with E-state index in [4.69, 9.17) is 11.0 Å². The Kier molecular flexibility index (Phi) is 5.37. The van der Waals surface area contributed by atoms with Crippen LogP contribution in [0.1, 0.15) is 12.5 Å². The van der Waals surface area contributed by atoms with Gasteiger partial charge < -0.3 is 16.4 Å². The summed E-state index contributed by atoms with van der Waals surface area (Å²) < 4.78 is 0. The highest BCUT2D eigenvalue weighted by molar-refractivity contribution is 6.06. The number of hydrogen-bond donors (Lipinski definition) is 3. The van der Waals surface area contributed by atoms with Crippen molar-refractivity contribution in [2.24, 2.45) is 0 Å². The molecule has 23 heavy (non-hydrogen) atoms. The summed E-state index contributed by atoms with van der Waals surface area (Å²) in [7, 11) is 0. The first-order chi connectivity index (χ1) is 11.1. The van der Waals surface area contributed by atoms with Crippen LogP contribution in [0.2, 0.25) is 0 Å². The van der Waals surface area contributed by atoms with E-state index in [1.807, 2.05) is 30.3 Å². The van der Waals surface area contributed by atoms with Gasteiger partial charge in [-0.25, -0.2) is 0 Å². The molecule has 0 fully saturated rings. The molecule has 0 aliphatic carbocycles. The monoisotopic (exact) mass is 306 g/mol. The lowest BCUT2D eigenvalue weighted by atomic mass is 10.1. The molecule has 4 N–H and O–H groups in total. The Balaban J connectivity index is 2.03. The van der Waals surface area contributed by atoms with E-state index in [9.17, 15) is 4.79 Å². The summed E-state index contributed by atoms with van der Waals surface area (Å²) in [4.78, 5) is 12.1. The largest absolute Gasteiger partial charge is 0.399 e. The smallest absolute Gasteiger partial charge is 0.267 e. The van der Waals surface area contributed by atoms with Gasteiger partial charge in [0, 0.05) is 23.3 Å². The van der Waals surface area contributed by atoms with Crippen LogP contribution in [0.3, 0.4) is 0 Å². The Morgan fingerprint density at radius 1 is 1.13 bits per heavy atom. The van der Waals surface area contributed by atoms with E-state index in [1.54, 1.807) is 24.3 Å². The normalized spacial score (nSPS) is 10.7. The SMILES string of the molecule is CCc1ccc(N/C=C(/C#N)C(=O)Nc2ccc(N)cc2)cc1. The zero-order valence-electron chi connectivity index (χ0n) is 12.8. The first-order valence-corrected chi connectivity index (χ1v) is 7.25. The van der Waals surface area contributed by atoms with E-state index in [1.165, 1.54) is 11.8 Å². The maximum Gasteiger partial charge on any atom is 0.267 e. The van der Waals surface area contributed by atoms with Crippen LogP contribution in [0.15, 0.2) is 60.3 Å². The topological polar surface area (TPSA) is 90.9 Å². The maximum absolute atomic E-state index is 12.1. The minimum Gasteiger partial charge on any atom is -0.399 e. The summed E-state index contributed by atoms with van der Waals surface area (Å²) in [5.74, 6) is -0.477. The Morgan fingerprint density at radius 3 is 2.30 bits per heavy atom. The number of benzene rings is 2. The number of nitriles is 1. The van der Waals surface area contributed by atoms with Gasteiger partial charge >= 0.3 is 0 Å². The molecule has 0 heterocycles. The van der Waals surface area contributed by atoms with Crippen LogP contribution in [0.4, 0.5) is 17.1 Å². The zero-order valence-corrected chi connectivity index (χ0v) is 12.8. The highest BCUT2D eigenvalue weighted by Crippen LogP contribution is 2.13. The molecule has 0 aromatic heterocycles. The number of rotatable bonds is 5. The molecule has 0 unspecified atom stereocenters. The third kappa shape index (κ3) is 4.61. The van der Waals surface area contributed by atoms with Crippen molar-refractivity contribution in [1.82, 2.24) is 0 Å². The number of anilines is 3. The molecule has 0 saturated heterocycles. The predicted molar refractivity (Wildman–Crippen MR) is 92.6 cm³/mol. The molecule has 2 aromatic carbocycles. The Bertz CT molecular complexity index is 740. The second-order valence-corrected chi connectivity index (χ2v) is 4.94. The summed E-state index contributed by atoms with van der Waals surface area (Å²) in [5, 5.41) is 14.7. The molecule has 0 aliphatic rings. The molecule has 0 spiro atoms. The Morgan fingerprint density at radius 2 is 1.74 bits per heavy atom. The number of nitrogens with one attached hydrogen (secondary N) is 2. The van der Waals surface area contributed by atoms with Crippen LogP contribution >= 0.6 is 0 Å². The maximum atomic E-state index is 12.1. The number of amides is 1. The van der Waals surface area contributed by atoms with Crippen molar-refractivity contribution in [2.75, 3.05) is 16.4 Å². The molecular weight excluding hydrogens is 288 g/mol. The fourth-order valence-corrected chi connectivity index (χ4v) is 1.91. The van der Waals surface area contributed by atoms with Crippen molar-refractivity contribution < 1.29 is 4.79 Å². The van der Waals surface area contributed by atoms with Crippen LogP contribution in [0, 0.1) is 11.3 Å². The summed E-state index contributed by atoms with van der Waals surface area (Å²) in [5.41, 5.74) is 8.80. The molecule has 0 saturated carbocycles. The molecule has 116 valence electrons. The highest BCUT2D eigenvalue weighted by Gasteiger charge is 2.09. The molecule has 0 aliphatic heterocycles. The second-order valence-electron chi connectivity index (χ2n) is 4.94. The molecule has 0 bridgehead atoms. The zero-order chi connectivity index (χ0) is 16.7. The van der Waals surface area contributed by atoms with E-state index >= 15 is 0 Å². The number of carbonyl (C=O) groups excluding carboxylic acids is 1. The van der Waals surface area contributed by atoms with E-state index in [-0.39, 0.29) is 5.57 Å². The van der Waals surface area contributed by atoms with Gasteiger partial charge in [0.1, 0.15) is 11.6 Å². The number of nitrogens with zero attached hydrogens (tertiary/aromatic N) is 1. The first kappa shape index (κ1) is 16.1. The fourth-order valence-electron chi connectivity index (χ4n) is 1.91. The van der Waals surface area contributed by atoms with Gasteiger partial charge in [-0.3, -0.25) is 4.79 Å². The lowest BCUT2D eigenvalue weighted by molar-refractivity contribution is -0.112. The van der Waals surface area contributed by atoms with Gasteiger partial charge in [-0.15, -0.1) is 0 Å². The standard InChI is InChI=1S/C18H18N4O/c1-2-13-3-7-16(8-4-13)21-12-14(11-19)18(23)22-17-9-5-15(20)6-10-17/h3-10,12,21H,2,20H2,1H3,(H,22,23)/b14-12-. The fraction of sp³-hybridized carbons (Fsp3) is 0.111. The third-order valence-corrected chi connectivity index (χ3v) is 3.28. The van der Waals surface area contributed by atoms with Gasteiger partial charge in [0.15, 0.2) is 0 Å². The molecule has 1 amide bonds. The first-order valence-electron chi connectivity index (χ1n) is 7.25. The molecule has 0 radical (unpaired) electrons. The molecule has 5 nitrogen and oxygen atoms in total. The summed E-state index contributed by atoms with van der Waals surface area (Å²) in [6.07, 6.45) is 2.36. The van der Waals surface area contributed by atoms with Crippen LogP contribution in [0.25, 0.3) is 0 Å². The lowest BCUT2D eigenvalue weighted by Crippen LogP contribution is -2.14. The Labute approximate surface area is 135 Å². The lowest BCUT2D eigenvalue weighted by Gasteiger charge is -2.06. The van der Waals surface area contributed by atoms with Gasteiger partial charge in [-0.05, 0) is 48.4 Å². The number of nitrogen functional groups attached to an aromatic ring is 1. The average molecular weight is 306 g/mol. The molecule has 5 heteroatoms. The van der Waals surface area contributed by atoms with E-state index < -0.39 is 5.91 Å². The minimum atomic E-state index is -0.477. The van der Waals surface area contributed by atoms with E-state index in [0.29, 0.717) is 11.4 Å². The minimum absolute atomic E-state index is 0.0126. The predicted octanol–water partition coefficient (Wildman–Crippen LogP) is 3.29. The average Bonchev–Trinajstić information content (AvgIpc) is 2.58. The van der Waals surface area contributed by atoms with Crippen molar-refractivity contribution in [1.29, 1.82) is 5.26 Å². The van der Waals surface area contributed by atoms with Crippen molar-refractivity contribution in [3.63, 3.8) is 0 Å². The van der Waals surface area contributed by atoms with Crippen molar-refractivity contribution in [3.05, 3.63) is 65.9 Å². The van der Waals surface area contributed by atoms with Crippen LogP contribution in [-0.4, -0.2) is 5.91 Å². The Hall–Kier alpha value is -3.26.